The van der Waals surface area contributed by atoms with Crippen LogP contribution in [-0.2, 0) is 0 Å². The molecule has 0 amide bonds. The van der Waals surface area contributed by atoms with Crippen molar-refractivity contribution in [2.45, 2.75) is 82.4 Å². The van der Waals surface area contributed by atoms with E-state index >= 15 is 0 Å². The molecule has 2 heteroatoms. The van der Waals surface area contributed by atoms with Gasteiger partial charge in [-0.25, -0.2) is 0 Å². The van der Waals surface area contributed by atoms with Gasteiger partial charge in [0, 0.05) is 0 Å². The summed E-state index contributed by atoms with van der Waals surface area (Å²) in [6.45, 7) is 4.18. The SMILES string of the molecule is CCCCCCCCCCC([AsH2])C(C)O. The predicted octanol–water partition coefficient (Wildman–Crippen LogP) is 3.32. The van der Waals surface area contributed by atoms with Crippen molar-refractivity contribution < 1.29 is 5.11 Å². The van der Waals surface area contributed by atoms with Crippen LogP contribution < -0.4 is 0 Å². The van der Waals surface area contributed by atoms with Crippen molar-refractivity contribution in [1.29, 1.82) is 0 Å². The molecule has 92 valence electrons. The van der Waals surface area contributed by atoms with E-state index in [0.29, 0.717) is 4.71 Å². The number of aliphatic hydroxyl groups is 1. The molecule has 0 aliphatic rings. The summed E-state index contributed by atoms with van der Waals surface area (Å²) in [5.74, 6) is 0. The first-order chi connectivity index (χ1) is 7.18. The van der Waals surface area contributed by atoms with Crippen LogP contribution in [0.2, 0.25) is 4.71 Å². The summed E-state index contributed by atoms with van der Waals surface area (Å²) < 4.78 is 0.539. The summed E-state index contributed by atoms with van der Waals surface area (Å²) >= 11 is 1.69. The Bertz CT molecular complexity index is 126. The average Bonchev–Trinajstić information content (AvgIpc) is 2.21. The molecule has 0 aliphatic heterocycles. The van der Waals surface area contributed by atoms with Crippen LogP contribution in [0.25, 0.3) is 0 Å². The third kappa shape index (κ3) is 10.8. The van der Waals surface area contributed by atoms with Gasteiger partial charge in [-0.2, -0.15) is 0 Å². The Labute approximate surface area is 105 Å². The second kappa shape index (κ2) is 11.0. The molecule has 1 N–H and O–H groups in total. The van der Waals surface area contributed by atoms with Gasteiger partial charge in [-0.3, -0.25) is 0 Å². The molecule has 3 atom stereocenters. The summed E-state index contributed by atoms with van der Waals surface area (Å²) in [4.78, 5) is 0. The van der Waals surface area contributed by atoms with Crippen LogP contribution in [0.5, 0.6) is 0 Å². The molecule has 0 bridgehead atoms. The van der Waals surface area contributed by atoms with Crippen molar-refractivity contribution in [3.8, 4) is 0 Å². The summed E-state index contributed by atoms with van der Waals surface area (Å²) in [6.07, 6.45) is 12.2. The van der Waals surface area contributed by atoms with E-state index in [9.17, 15) is 5.11 Å². The zero-order valence-electron chi connectivity index (χ0n) is 10.5. The van der Waals surface area contributed by atoms with E-state index < -0.39 is 0 Å². The molecule has 3 unspecified atom stereocenters. The molecule has 0 aromatic heterocycles. The van der Waals surface area contributed by atoms with E-state index in [0.717, 1.165) is 0 Å². The third-order valence-electron chi connectivity index (χ3n) is 3.01. The van der Waals surface area contributed by atoms with Gasteiger partial charge in [0.25, 0.3) is 0 Å². The molecule has 0 rings (SSSR count). The topological polar surface area (TPSA) is 20.2 Å². The second-order valence-corrected chi connectivity index (χ2v) is 6.46. The zero-order valence-corrected chi connectivity index (χ0v) is 13.0. The molecule has 0 aromatic carbocycles. The van der Waals surface area contributed by atoms with E-state index in [1.807, 2.05) is 6.92 Å². The van der Waals surface area contributed by atoms with Gasteiger partial charge < -0.3 is 0 Å². The Morgan fingerprint density at radius 3 is 1.87 bits per heavy atom. The maximum absolute atomic E-state index is 9.34. The van der Waals surface area contributed by atoms with Gasteiger partial charge in [0.2, 0.25) is 0 Å². The van der Waals surface area contributed by atoms with Crippen LogP contribution in [0, 0.1) is 0 Å². The molecule has 0 fully saturated rings. The second-order valence-electron chi connectivity index (χ2n) is 4.67. The number of rotatable bonds is 10. The summed E-state index contributed by atoms with van der Waals surface area (Å²) in [5, 5.41) is 9.34. The quantitative estimate of drug-likeness (QED) is 0.479. The van der Waals surface area contributed by atoms with E-state index in [1.165, 1.54) is 57.8 Å². The number of unbranched alkanes of at least 4 members (excludes halogenated alkanes) is 7. The first-order valence-electron chi connectivity index (χ1n) is 6.62. The van der Waals surface area contributed by atoms with Gasteiger partial charge in [0.1, 0.15) is 0 Å². The summed E-state index contributed by atoms with van der Waals surface area (Å²) in [6, 6.07) is 0. The van der Waals surface area contributed by atoms with E-state index in [1.54, 1.807) is 16.9 Å². The fourth-order valence-electron chi connectivity index (χ4n) is 1.76. The van der Waals surface area contributed by atoms with Gasteiger partial charge in [0.05, 0.1) is 0 Å². The van der Waals surface area contributed by atoms with Gasteiger partial charge in [-0.15, -0.1) is 0 Å². The molecule has 0 saturated carbocycles. The molecule has 15 heavy (non-hydrogen) atoms. The normalized spacial score (nSPS) is 15.2. The van der Waals surface area contributed by atoms with E-state index in [4.69, 9.17) is 0 Å². The molecule has 1 nitrogen and oxygen atoms in total. The monoisotopic (exact) mass is 276 g/mol. The Kier molecular flexibility index (Phi) is 11.4. The summed E-state index contributed by atoms with van der Waals surface area (Å²) in [5.41, 5.74) is 0. The number of hydrogen-bond acceptors (Lipinski definition) is 1. The fraction of sp³-hybridized carbons (Fsp3) is 1.00. The van der Waals surface area contributed by atoms with Crippen LogP contribution in [-0.4, -0.2) is 28.1 Å². The number of hydrogen-bond donors (Lipinski definition) is 1. The van der Waals surface area contributed by atoms with Crippen molar-refractivity contribution in [2.24, 2.45) is 0 Å². The van der Waals surface area contributed by atoms with Crippen LogP contribution in [0.4, 0.5) is 0 Å². The molecule has 0 saturated heterocycles. The molecular weight excluding hydrogens is 247 g/mol. The first-order valence-corrected chi connectivity index (χ1v) is 8.02. The molecular formula is C13H29AsO. The minimum atomic E-state index is -0.102. The van der Waals surface area contributed by atoms with Crippen LogP contribution in [0.1, 0.15) is 71.6 Å². The van der Waals surface area contributed by atoms with Crippen molar-refractivity contribution in [2.75, 3.05) is 0 Å². The number of aliphatic hydroxyl groups excluding tert-OH is 1. The van der Waals surface area contributed by atoms with Gasteiger partial charge in [-0.1, -0.05) is 0 Å². The Morgan fingerprint density at radius 1 is 0.933 bits per heavy atom. The van der Waals surface area contributed by atoms with Crippen LogP contribution >= 0.6 is 0 Å². The van der Waals surface area contributed by atoms with Crippen molar-refractivity contribution in [1.82, 2.24) is 0 Å². The van der Waals surface area contributed by atoms with E-state index in [-0.39, 0.29) is 6.10 Å². The Balaban J connectivity index is 3.05. The fourth-order valence-corrected chi connectivity index (χ4v) is 2.25. The molecule has 0 spiro atoms. The van der Waals surface area contributed by atoms with Crippen LogP contribution in [0.3, 0.4) is 0 Å². The van der Waals surface area contributed by atoms with Crippen molar-refractivity contribution in [3.05, 3.63) is 0 Å². The van der Waals surface area contributed by atoms with Crippen molar-refractivity contribution >= 4 is 16.9 Å². The molecule has 0 aliphatic carbocycles. The molecule has 0 aromatic rings. The minimum absolute atomic E-state index is 0.102. The Hall–Kier alpha value is 0.518. The van der Waals surface area contributed by atoms with Gasteiger partial charge in [-0.05, 0) is 0 Å². The summed E-state index contributed by atoms with van der Waals surface area (Å²) in [7, 11) is 0. The van der Waals surface area contributed by atoms with Gasteiger partial charge >= 0.3 is 104 Å². The standard InChI is InChI=1S/C13H29AsO/c1-3-4-5-6-7-8-9-10-11-13(14)12(2)15/h12-13,15H,3-11,14H2,1-2H3. The zero-order chi connectivity index (χ0) is 11.5. The maximum atomic E-state index is 9.34. The third-order valence-corrected chi connectivity index (χ3v) is 4.88. The Morgan fingerprint density at radius 2 is 1.40 bits per heavy atom. The average molecular weight is 276 g/mol. The van der Waals surface area contributed by atoms with Crippen LogP contribution in [0.15, 0.2) is 0 Å². The van der Waals surface area contributed by atoms with E-state index in [2.05, 4.69) is 6.92 Å². The van der Waals surface area contributed by atoms with Gasteiger partial charge in [0.15, 0.2) is 0 Å². The molecule has 0 radical (unpaired) electrons. The first kappa shape index (κ1) is 15.5. The predicted molar refractivity (Wildman–Crippen MR) is 71.2 cm³/mol. The van der Waals surface area contributed by atoms with Crippen molar-refractivity contribution in [3.63, 3.8) is 0 Å². The molecule has 0 heterocycles.